The number of benzene rings is 3. The van der Waals surface area contributed by atoms with Gasteiger partial charge in [0.05, 0.1) is 11.0 Å². The Morgan fingerprint density at radius 1 is 1.06 bits per heavy atom. The number of imidazole rings is 1. The van der Waals surface area contributed by atoms with Gasteiger partial charge in [-0.1, -0.05) is 55.3 Å². The largest absolute Gasteiger partial charge is 0.454 e. The molecule has 1 aromatic heterocycles. The molecule has 0 bridgehead atoms. The molecule has 0 saturated heterocycles. The summed E-state index contributed by atoms with van der Waals surface area (Å²) in [6.07, 6.45) is 2.16. The highest BCUT2D eigenvalue weighted by Crippen LogP contribution is 2.32. The number of carbonyl (C=O) groups is 1. The lowest BCUT2D eigenvalue weighted by atomic mass is 10.1. The molecule has 2 heterocycles. The van der Waals surface area contributed by atoms with Crippen molar-refractivity contribution in [1.29, 1.82) is 0 Å². The van der Waals surface area contributed by atoms with Gasteiger partial charge in [0, 0.05) is 18.0 Å². The normalized spacial score (nSPS) is 13.2. The number of ether oxygens (including phenoxy) is 2. The summed E-state index contributed by atoms with van der Waals surface area (Å²) in [5.41, 5.74) is 3.85. The van der Waals surface area contributed by atoms with Crippen LogP contribution < -0.4 is 14.8 Å². The Hall–Kier alpha value is -3.51. The van der Waals surface area contributed by atoms with E-state index in [0.717, 1.165) is 40.2 Å². The first-order valence-electron chi connectivity index (χ1n) is 11.5. The summed E-state index contributed by atoms with van der Waals surface area (Å²) >= 11 is 6.22. The molecule has 7 heteroatoms. The second-order valence-electron chi connectivity index (χ2n) is 8.40. The van der Waals surface area contributed by atoms with E-state index in [1.165, 1.54) is 0 Å². The van der Waals surface area contributed by atoms with Crippen LogP contribution in [0.25, 0.3) is 11.0 Å². The standard InChI is InChI=1S/C27H26ClN3O3/c1-2-6-23(27(32)29-16-19-11-12-24-25(14-19)34-17-33-24)31-22-10-4-3-9-21(22)30-26(31)15-18-7-5-8-20(28)13-18/h3-5,7-14,23H,2,6,15-17H2,1H3,(H,29,32)/t23-/m0/s1. The first kappa shape index (κ1) is 22.3. The van der Waals surface area contributed by atoms with E-state index in [-0.39, 0.29) is 18.7 Å². The fraction of sp³-hybridized carbons (Fsp3) is 0.259. The highest BCUT2D eigenvalue weighted by molar-refractivity contribution is 6.30. The van der Waals surface area contributed by atoms with E-state index >= 15 is 0 Å². The van der Waals surface area contributed by atoms with Gasteiger partial charge in [0.2, 0.25) is 12.7 Å². The van der Waals surface area contributed by atoms with Gasteiger partial charge < -0.3 is 19.4 Å². The van der Waals surface area contributed by atoms with Crippen LogP contribution in [0, 0.1) is 0 Å². The molecule has 0 radical (unpaired) electrons. The second-order valence-corrected chi connectivity index (χ2v) is 8.84. The summed E-state index contributed by atoms with van der Waals surface area (Å²) in [5, 5.41) is 3.81. The number of amides is 1. The minimum atomic E-state index is -0.374. The maximum atomic E-state index is 13.5. The monoisotopic (exact) mass is 475 g/mol. The molecular weight excluding hydrogens is 450 g/mol. The molecule has 1 aliphatic heterocycles. The van der Waals surface area contributed by atoms with Crippen LogP contribution in [0.4, 0.5) is 0 Å². The summed E-state index contributed by atoms with van der Waals surface area (Å²) in [4.78, 5) is 18.4. The van der Waals surface area contributed by atoms with Gasteiger partial charge in [-0.25, -0.2) is 4.98 Å². The van der Waals surface area contributed by atoms with Crippen molar-refractivity contribution in [2.24, 2.45) is 0 Å². The Morgan fingerprint density at radius 3 is 2.76 bits per heavy atom. The molecule has 3 aromatic carbocycles. The van der Waals surface area contributed by atoms with E-state index in [0.29, 0.717) is 30.2 Å². The molecule has 0 fully saturated rings. The number of hydrogen-bond acceptors (Lipinski definition) is 4. The third kappa shape index (κ3) is 4.59. The van der Waals surface area contributed by atoms with Gasteiger partial charge in [-0.15, -0.1) is 0 Å². The third-order valence-corrected chi connectivity index (χ3v) is 6.24. The average molecular weight is 476 g/mol. The van der Waals surface area contributed by atoms with E-state index in [9.17, 15) is 4.79 Å². The molecule has 0 unspecified atom stereocenters. The lowest BCUT2D eigenvalue weighted by Crippen LogP contribution is -2.33. The van der Waals surface area contributed by atoms with Crippen LogP contribution in [0.1, 0.15) is 42.8 Å². The average Bonchev–Trinajstić information content (AvgIpc) is 3.45. The van der Waals surface area contributed by atoms with Crippen molar-refractivity contribution in [3.63, 3.8) is 0 Å². The molecule has 1 atom stereocenters. The number of halogens is 1. The van der Waals surface area contributed by atoms with Crippen molar-refractivity contribution in [1.82, 2.24) is 14.9 Å². The molecule has 1 amide bonds. The molecule has 5 rings (SSSR count). The maximum absolute atomic E-state index is 13.5. The van der Waals surface area contributed by atoms with E-state index in [1.807, 2.05) is 66.7 Å². The van der Waals surface area contributed by atoms with Crippen LogP contribution in [-0.2, 0) is 17.8 Å². The van der Waals surface area contributed by atoms with Gasteiger partial charge in [-0.3, -0.25) is 4.79 Å². The lowest BCUT2D eigenvalue weighted by Gasteiger charge is -2.21. The number of hydrogen-bond donors (Lipinski definition) is 1. The SMILES string of the molecule is CCC[C@@H](C(=O)NCc1ccc2c(c1)OCO2)n1c(Cc2cccc(Cl)c2)nc2ccccc21. The van der Waals surface area contributed by atoms with E-state index in [4.69, 9.17) is 26.1 Å². The molecule has 4 aromatic rings. The first-order valence-corrected chi connectivity index (χ1v) is 11.9. The molecule has 0 saturated carbocycles. The van der Waals surface area contributed by atoms with Crippen LogP contribution in [0.5, 0.6) is 11.5 Å². The van der Waals surface area contributed by atoms with E-state index in [1.54, 1.807) is 0 Å². The lowest BCUT2D eigenvalue weighted by molar-refractivity contribution is -0.124. The Labute approximate surface area is 203 Å². The number of para-hydroxylation sites is 2. The Morgan fingerprint density at radius 2 is 1.91 bits per heavy atom. The topological polar surface area (TPSA) is 65.4 Å². The Balaban J connectivity index is 1.44. The number of aromatic nitrogens is 2. The van der Waals surface area contributed by atoms with Crippen LogP contribution in [0.3, 0.4) is 0 Å². The number of nitrogens with zero attached hydrogens (tertiary/aromatic N) is 2. The summed E-state index contributed by atoms with van der Waals surface area (Å²) in [5.74, 6) is 2.26. The molecule has 0 aliphatic carbocycles. The van der Waals surface area contributed by atoms with Crippen LogP contribution >= 0.6 is 11.6 Å². The smallest absolute Gasteiger partial charge is 0.243 e. The first-order chi connectivity index (χ1) is 16.6. The van der Waals surface area contributed by atoms with Crippen molar-refractivity contribution >= 4 is 28.5 Å². The highest BCUT2D eigenvalue weighted by atomic mass is 35.5. The zero-order chi connectivity index (χ0) is 23.5. The fourth-order valence-corrected chi connectivity index (χ4v) is 4.62. The van der Waals surface area contributed by atoms with E-state index < -0.39 is 0 Å². The zero-order valence-corrected chi connectivity index (χ0v) is 19.7. The van der Waals surface area contributed by atoms with Gasteiger partial charge >= 0.3 is 0 Å². The summed E-state index contributed by atoms with van der Waals surface area (Å²) in [6.45, 7) is 2.73. The number of rotatable bonds is 8. The van der Waals surface area contributed by atoms with Crippen LogP contribution in [0.2, 0.25) is 5.02 Å². The quantitative estimate of drug-likeness (QED) is 0.356. The molecule has 6 nitrogen and oxygen atoms in total. The maximum Gasteiger partial charge on any atom is 0.243 e. The minimum absolute atomic E-state index is 0.0324. The summed E-state index contributed by atoms with van der Waals surface area (Å²) in [6, 6.07) is 21.1. The summed E-state index contributed by atoms with van der Waals surface area (Å²) in [7, 11) is 0. The van der Waals surface area contributed by atoms with Gasteiger partial charge in [-0.05, 0) is 53.9 Å². The third-order valence-electron chi connectivity index (χ3n) is 6.00. The predicted molar refractivity (Wildman–Crippen MR) is 132 cm³/mol. The van der Waals surface area contributed by atoms with Crippen molar-refractivity contribution in [2.75, 3.05) is 6.79 Å². The van der Waals surface area contributed by atoms with Gasteiger partial charge in [0.15, 0.2) is 11.5 Å². The van der Waals surface area contributed by atoms with Crippen molar-refractivity contribution in [3.8, 4) is 11.5 Å². The second kappa shape index (κ2) is 9.77. The van der Waals surface area contributed by atoms with Gasteiger partial charge in [0.1, 0.15) is 11.9 Å². The minimum Gasteiger partial charge on any atom is -0.454 e. The van der Waals surface area contributed by atoms with Crippen molar-refractivity contribution in [2.45, 2.75) is 38.8 Å². The number of fused-ring (bicyclic) bond motifs is 2. The van der Waals surface area contributed by atoms with Crippen LogP contribution in [-0.4, -0.2) is 22.3 Å². The van der Waals surface area contributed by atoms with Crippen molar-refractivity contribution in [3.05, 3.63) is 88.7 Å². The highest BCUT2D eigenvalue weighted by Gasteiger charge is 2.25. The molecular formula is C27H26ClN3O3. The molecule has 1 aliphatic rings. The summed E-state index contributed by atoms with van der Waals surface area (Å²) < 4.78 is 12.9. The van der Waals surface area contributed by atoms with Gasteiger partial charge in [0.25, 0.3) is 0 Å². The zero-order valence-electron chi connectivity index (χ0n) is 19.0. The molecule has 174 valence electrons. The predicted octanol–water partition coefficient (Wildman–Crippen LogP) is 5.67. The van der Waals surface area contributed by atoms with E-state index in [2.05, 4.69) is 16.8 Å². The molecule has 34 heavy (non-hydrogen) atoms. The van der Waals surface area contributed by atoms with Crippen LogP contribution in [0.15, 0.2) is 66.7 Å². The molecule has 0 spiro atoms. The van der Waals surface area contributed by atoms with Gasteiger partial charge in [-0.2, -0.15) is 0 Å². The Kier molecular flexibility index (Phi) is 6.41. The Bertz CT molecular complexity index is 1330. The number of carbonyl (C=O) groups excluding carboxylic acids is 1. The molecule has 1 N–H and O–H groups in total. The fourth-order valence-electron chi connectivity index (χ4n) is 4.41. The van der Waals surface area contributed by atoms with Crippen molar-refractivity contribution < 1.29 is 14.3 Å². The number of nitrogens with one attached hydrogen (secondary N) is 1.